The van der Waals surface area contributed by atoms with Crippen molar-refractivity contribution >= 4 is 17.3 Å². The Kier molecular flexibility index (Phi) is 5.05. The molecular formula is C16H19N5O4. The van der Waals surface area contributed by atoms with Gasteiger partial charge in [0.15, 0.2) is 0 Å². The normalized spacial score (nSPS) is 15.1. The zero-order valence-electron chi connectivity index (χ0n) is 13.8. The van der Waals surface area contributed by atoms with Crippen molar-refractivity contribution in [3.05, 3.63) is 51.8 Å². The minimum absolute atomic E-state index is 0.0800. The molecular weight excluding hydrogens is 326 g/mol. The van der Waals surface area contributed by atoms with Crippen LogP contribution in [0.2, 0.25) is 0 Å². The van der Waals surface area contributed by atoms with Crippen LogP contribution in [0.1, 0.15) is 16.1 Å². The summed E-state index contributed by atoms with van der Waals surface area (Å²) in [6.07, 6.45) is 1.07. The fourth-order valence-electron chi connectivity index (χ4n) is 2.78. The van der Waals surface area contributed by atoms with Gasteiger partial charge in [-0.25, -0.2) is 0 Å². The first-order valence-electron chi connectivity index (χ1n) is 7.91. The Morgan fingerprint density at radius 3 is 2.88 bits per heavy atom. The molecule has 0 radical (unpaired) electrons. The van der Waals surface area contributed by atoms with E-state index in [1.165, 1.54) is 11.7 Å². The van der Waals surface area contributed by atoms with Crippen molar-refractivity contribution < 1.29 is 14.5 Å². The summed E-state index contributed by atoms with van der Waals surface area (Å²) in [6, 6.07) is 7.46. The molecule has 25 heavy (non-hydrogen) atoms. The summed E-state index contributed by atoms with van der Waals surface area (Å²) in [6.45, 7) is 3.95. The van der Waals surface area contributed by atoms with Crippen molar-refractivity contribution in [1.29, 1.82) is 0 Å². The van der Waals surface area contributed by atoms with Crippen LogP contribution in [0, 0.1) is 10.1 Å². The van der Waals surface area contributed by atoms with Crippen molar-refractivity contribution in [1.82, 2.24) is 14.7 Å². The number of nitrogens with zero attached hydrogens (tertiary/aromatic N) is 4. The van der Waals surface area contributed by atoms with E-state index in [4.69, 9.17) is 4.74 Å². The number of benzene rings is 1. The van der Waals surface area contributed by atoms with Gasteiger partial charge >= 0.3 is 5.69 Å². The third-order valence-corrected chi connectivity index (χ3v) is 4.03. The van der Waals surface area contributed by atoms with Gasteiger partial charge in [0.05, 0.1) is 18.1 Å². The highest BCUT2D eigenvalue weighted by Crippen LogP contribution is 2.20. The molecule has 2 heterocycles. The number of nitro groups is 1. The maximum absolute atomic E-state index is 12.4. The lowest BCUT2D eigenvalue weighted by Crippen LogP contribution is -2.35. The molecule has 0 atom stereocenters. The Bertz CT molecular complexity index is 783. The summed E-state index contributed by atoms with van der Waals surface area (Å²) in [5.41, 5.74) is 1.25. The predicted octanol–water partition coefficient (Wildman–Crippen LogP) is 1.41. The second-order valence-corrected chi connectivity index (χ2v) is 5.80. The fourth-order valence-corrected chi connectivity index (χ4v) is 2.78. The maximum Gasteiger partial charge on any atom is 0.320 e. The van der Waals surface area contributed by atoms with Crippen LogP contribution < -0.4 is 5.32 Å². The quantitative estimate of drug-likeness (QED) is 0.649. The van der Waals surface area contributed by atoms with Gasteiger partial charge < -0.3 is 10.1 Å². The molecule has 1 aliphatic rings. The number of aromatic nitrogens is 2. The molecule has 132 valence electrons. The molecule has 1 aromatic heterocycles. The van der Waals surface area contributed by atoms with Crippen LogP contribution in [0.3, 0.4) is 0 Å². The lowest BCUT2D eigenvalue weighted by Gasteiger charge is -2.26. The number of rotatable bonds is 5. The van der Waals surface area contributed by atoms with Crippen LogP contribution in [-0.4, -0.2) is 51.8 Å². The van der Waals surface area contributed by atoms with Crippen LogP contribution in [0.15, 0.2) is 30.5 Å². The molecule has 0 aliphatic carbocycles. The van der Waals surface area contributed by atoms with E-state index in [1.807, 2.05) is 18.2 Å². The highest BCUT2D eigenvalue weighted by Gasteiger charge is 2.25. The molecule has 0 saturated carbocycles. The average molecular weight is 345 g/mol. The number of carbonyl (C=O) groups is 1. The van der Waals surface area contributed by atoms with Gasteiger partial charge in [0.25, 0.3) is 5.91 Å². The molecule has 0 spiro atoms. The van der Waals surface area contributed by atoms with E-state index < -0.39 is 10.8 Å². The molecule has 0 bridgehead atoms. The second-order valence-electron chi connectivity index (χ2n) is 5.80. The lowest BCUT2D eigenvalue weighted by molar-refractivity contribution is -0.385. The number of carbonyl (C=O) groups excluding carboxylic acids is 1. The van der Waals surface area contributed by atoms with E-state index in [9.17, 15) is 14.9 Å². The number of morpholine rings is 1. The van der Waals surface area contributed by atoms with Crippen molar-refractivity contribution in [2.75, 3.05) is 31.6 Å². The molecule has 9 heteroatoms. The Morgan fingerprint density at radius 1 is 1.40 bits per heavy atom. The van der Waals surface area contributed by atoms with E-state index >= 15 is 0 Å². The molecule has 1 aromatic carbocycles. The van der Waals surface area contributed by atoms with Gasteiger partial charge in [-0.2, -0.15) is 5.10 Å². The number of ether oxygens (including phenoxy) is 1. The fraction of sp³-hybridized carbons (Fsp3) is 0.375. The Hall–Kier alpha value is -2.78. The summed E-state index contributed by atoms with van der Waals surface area (Å²) < 4.78 is 6.53. The molecule has 1 saturated heterocycles. The molecule has 1 N–H and O–H groups in total. The van der Waals surface area contributed by atoms with Gasteiger partial charge in [0, 0.05) is 32.4 Å². The summed E-state index contributed by atoms with van der Waals surface area (Å²) in [5, 5.41) is 17.5. The first kappa shape index (κ1) is 17.1. The van der Waals surface area contributed by atoms with E-state index in [0.717, 1.165) is 44.6 Å². The molecule has 9 nitrogen and oxygen atoms in total. The SMILES string of the molecule is Cn1ncc([N+](=O)[O-])c1C(=O)Nc1cccc(CN2CCOCC2)c1. The molecule has 1 amide bonds. The maximum atomic E-state index is 12.4. The minimum atomic E-state index is -0.614. The van der Waals surface area contributed by atoms with Crippen molar-refractivity contribution in [3.8, 4) is 0 Å². The molecule has 0 unspecified atom stereocenters. The van der Waals surface area contributed by atoms with Crippen LogP contribution in [0.25, 0.3) is 0 Å². The molecule has 1 fully saturated rings. The predicted molar refractivity (Wildman–Crippen MR) is 90.4 cm³/mol. The second kappa shape index (κ2) is 7.41. The highest BCUT2D eigenvalue weighted by molar-refractivity contribution is 6.05. The number of anilines is 1. The zero-order chi connectivity index (χ0) is 17.8. The van der Waals surface area contributed by atoms with Gasteiger partial charge in [-0.05, 0) is 17.7 Å². The molecule has 3 rings (SSSR count). The summed E-state index contributed by atoms with van der Waals surface area (Å²) >= 11 is 0. The van der Waals surface area contributed by atoms with E-state index in [2.05, 4.69) is 15.3 Å². The first-order chi connectivity index (χ1) is 12.0. The summed E-state index contributed by atoms with van der Waals surface area (Å²) in [4.78, 5) is 25.1. The van der Waals surface area contributed by atoms with Crippen LogP contribution in [0.5, 0.6) is 0 Å². The van der Waals surface area contributed by atoms with Crippen molar-refractivity contribution in [2.24, 2.45) is 7.05 Å². The third kappa shape index (κ3) is 4.01. The first-order valence-corrected chi connectivity index (χ1v) is 7.91. The van der Waals surface area contributed by atoms with Crippen LogP contribution >= 0.6 is 0 Å². The largest absolute Gasteiger partial charge is 0.379 e. The Labute approximate surface area is 144 Å². The van der Waals surface area contributed by atoms with Crippen LogP contribution in [-0.2, 0) is 18.3 Å². The number of hydrogen-bond acceptors (Lipinski definition) is 6. The van der Waals surface area contributed by atoms with Gasteiger partial charge in [0.2, 0.25) is 5.69 Å². The number of amides is 1. The Morgan fingerprint density at radius 2 is 2.16 bits per heavy atom. The minimum Gasteiger partial charge on any atom is -0.379 e. The van der Waals surface area contributed by atoms with Gasteiger partial charge in [0.1, 0.15) is 6.20 Å². The lowest BCUT2D eigenvalue weighted by atomic mass is 10.1. The van der Waals surface area contributed by atoms with E-state index in [0.29, 0.717) is 5.69 Å². The Balaban J connectivity index is 1.72. The van der Waals surface area contributed by atoms with Crippen molar-refractivity contribution in [3.63, 3.8) is 0 Å². The van der Waals surface area contributed by atoms with E-state index in [-0.39, 0.29) is 11.4 Å². The standard InChI is InChI=1S/C16H19N5O4/c1-19-15(14(10-17-19)21(23)24)16(22)18-13-4-2-3-12(9-13)11-20-5-7-25-8-6-20/h2-4,9-10H,5-8,11H2,1H3,(H,18,22). The highest BCUT2D eigenvalue weighted by atomic mass is 16.6. The summed E-state index contributed by atoms with van der Waals surface area (Å²) in [7, 11) is 1.50. The van der Waals surface area contributed by atoms with Gasteiger partial charge in [-0.3, -0.25) is 24.5 Å². The average Bonchev–Trinajstić information content (AvgIpc) is 2.98. The number of nitrogens with one attached hydrogen (secondary N) is 1. The topological polar surface area (TPSA) is 103 Å². The molecule has 1 aliphatic heterocycles. The smallest absolute Gasteiger partial charge is 0.320 e. The molecule has 2 aromatic rings. The van der Waals surface area contributed by atoms with E-state index in [1.54, 1.807) is 6.07 Å². The van der Waals surface area contributed by atoms with Crippen molar-refractivity contribution in [2.45, 2.75) is 6.54 Å². The third-order valence-electron chi connectivity index (χ3n) is 4.03. The van der Waals surface area contributed by atoms with Gasteiger partial charge in [-0.1, -0.05) is 12.1 Å². The van der Waals surface area contributed by atoms with Gasteiger partial charge in [-0.15, -0.1) is 0 Å². The monoisotopic (exact) mass is 345 g/mol. The number of aryl methyl sites for hydroxylation is 1. The summed E-state index contributed by atoms with van der Waals surface area (Å²) in [5.74, 6) is -0.560. The van der Waals surface area contributed by atoms with Crippen LogP contribution in [0.4, 0.5) is 11.4 Å². The number of hydrogen-bond donors (Lipinski definition) is 1. The zero-order valence-corrected chi connectivity index (χ0v) is 13.8.